The molecule has 7 nitrogen and oxygen atoms in total. The molecule has 2 aromatic carbocycles. The Morgan fingerprint density at radius 2 is 2.06 bits per heavy atom. The van der Waals surface area contributed by atoms with Crippen LogP contribution >= 0.6 is 0 Å². The second-order valence-electron chi connectivity index (χ2n) is 11.0. The molecule has 5 heterocycles. The molecule has 184 valence electrons. The molecule has 1 fully saturated rings. The Balaban J connectivity index is 1.70. The summed E-state index contributed by atoms with van der Waals surface area (Å²) in [5.74, 6) is 0.366. The minimum atomic E-state index is -0.740. The van der Waals surface area contributed by atoms with Gasteiger partial charge in [0.05, 0.1) is 22.1 Å². The van der Waals surface area contributed by atoms with Gasteiger partial charge < -0.3 is 29.2 Å². The van der Waals surface area contributed by atoms with Crippen LogP contribution in [0.2, 0.25) is 0 Å². The van der Waals surface area contributed by atoms with E-state index in [2.05, 4.69) is 70.0 Å². The minimum Gasteiger partial charge on any atom is -0.375 e. The van der Waals surface area contributed by atoms with E-state index in [0.717, 1.165) is 45.8 Å². The zero-order valence-corrected chi connectivity index (χ0v) is 21.0. The van der Waals surface area contributed by atoms with Crippen molar-refractivity contribution in [3.63, 3.8) is 0 Å². The van der Waals surface area contributed by atoms with E-state index < -0.39 is 5.72 Å². The van der Waals surface area contributed by atoms with Crippen LogP contribution in [-0.2, 0) is 21.7 Å². The Kier molecular flexibility index (Phi) is 3.96. The summed E-state index contributed by atoms with van der Waals surface area (Å²) in [5.41, 5.74) is 7.11. The standard InChI is InChI=1S/C29H30N4O3/c1-14-8-7-11-19-21(14)23-16-13-31-28(34)24(16)22-15-9-5-6-10-18(15)32-20-12-17(30-3)27(35-4)29(2,36-20)33(19)26(23)25(22)32/h5-7,9-11,14,17,20,27,30H,8,12-13H2,1-4H3,(H,31,34)/t14?,17?,20?,27?,29-/m1/s1. The molecule has 0 saturated carbocycles. The number of benzene rings is 2. The molecule has 5 atom stereocenters. The van der Waals surface area contributed by atoms with Crippen LogP contribution in [0.25, 0.3) is 38.8 Å². The minimum absolute atomic E-state index is 0.0255. The van der Waals surface area contributed by atoms with Crippen molar-refractivity contribution in [3.05, 3.63) is 52.7 Å². The number of aromatic nitrogens is 2. The van der Waals surface area contributed by atoms with E-state index in [-0.39, 0.29) is 24.3 Å². The number of carbonyl (C=O) groups is 1. The van der Waals surface area contributed by atoms with Gasteiger partial charge in [0.2, 0.25) is 0 Å². The quantitative estimate of drug-likeness (QED) is 0.434. The van der Waals surface area contributed by atoms with E-state index >= 15 is 0 Å². The number of fused-ring (bicyclic) bond motifs is 13. The predicted molar refractivity (Wildman–Crippen MR) is 140 cm³/mol. The van der Waals surface area contributed by atoms with Gasteiger partial charge in [0.25, 0.3) is 5.91 Å². The molecular formula is C29H30N4O3. The van der Waals surface area contributed by atoms with Crippen molar-refractivity contribution in [1.29, 1.82) is 0 Å². The zero-order chi connectivity index (χ0) is 24.5. The summed E-state index contributed by atoms with van der Waals surface area (Å²) >= 11 is 0. The van der Waals surface area contributed by atoms with E-state index in [1.165, 1.54) is 22.2 Å². The second kappa shape index (κ2) is 6.79. The van der Waals surface area contributed by atoms with Gasteiger partial charge in [-0.3, -0.25) is 4.79 Å². The maximum absolute atomic E-state index is 13.4. The van der Waals surface area contributed by atoms with E-state index in [9.17, 15) is 4.79 Å². The molecule has 4 unspecified atom stereocenters. The summed E-state index contributed by atoms with van der Waals surface area (Å²) in [5, 5.41) is 10.1. The largest absolute Gasteiger partial charge is 0.375 e. The Hall–Kier alpha value is -3.13. The van der Waals surface area contributed by atoms with Gasteiger partial charge in [0, 0.05) is 48.0 Å². The first-order valence-corrected chi connectivity index (χ1v) is 13.0. The highest BCUT2D eigenvalue weighted by Crippen LogP contribution is 2.55. The summed E-state index contributed by atoms with van der Waals surface area (Å²) in [6, 6.07) is 8.56. The topological polar surface area (TPSA) is 69.5 Å². The number of amides is 1. The van der Waals surface area contributed by atoms with Crippen molar-refractivity contribution in [3.8, 4) is 0 Å². The molecule has 2 bridgehead atoms. The third-order valence-corrected chi connectivity index (χ3v) is 9.23. The molecular weight excluding hydrogens is 452 g/mol. The number of ether oxygens (including phenoxy) is 2. The predicted octanol–water partition coefficient (Wildman–Crippen LogP) is 4.72. The number of likely N-dealkylation sites (N-methyl/N-ethyl adjacent to an activating group) is 1. The van der Waals surface area contributed by atoms with Crippen LogP contribution in [0.15, 0.2) is 30.3 Å². The van der Waals surface area contributed by atoms with Gasteiger partial charge in [0.1, 0.15) is 12.3 Å². The molecule has 1 aliphatic carbocycles. The molecule has 1 amide bonds. The summed E-state index contributed by atoms with van der Waals surface area (Å²) < 4.78 is 18.2. The third-order valence-electron chi connectivity index (χ3n) is 9.23. The van der Waals surface area contributed by atoms with Crippen LogP contribution in [0, 0.1) is 0 Å². The lowest BCUT2D eigenvalue weighted by molar-refractivity contribution is -0.257. The molecule has 2 aromatic heterocycles. The number of nitrogens with one attached hydrogen (secondary N) is 2. The molecule has 36 heavy (non-hydrogen) atoms. The molecule has 8 rings (SSSR count). The summed E-state index contributed by atoms with van der Waals surface area (Å²) in [6.45, 7) is 5.04. The van der Waals surface area contributed by atoms with Crippen molar-refractivity contribution in [1.82, 2.24) is 19.8 Å². The van der Waals surface area contributed by atoms with Crippen LogP contribution in [0.5, 0.6) is 0 Å². The highest BCUT2D eigenvalue weighted by molar-refractivity contribution is 6.28. The van der Waals surface area contributed by atoms with Crippen molar-refractivity contribution in [2.75, 3.05) is 14.2 Å². The number of nitrogens with zero attached hydrogens (tertiary/aromatic N) is 2. The Morgan fingerprint density at radius 1 is 1.22 bits per heavy atom. The number of carbonyl (C=O) groups excluding carboxylic acids is 1. The summed E-state index contributed by atoms with van der Waals surface area (Å²) in [4.78, 5) is 13.4. The van der Waals surface area contributed by atoms with Crippen LogP contribution in [0.3, 0.4) is 0 Å². The van der Waals surface area contributed by atoms with E-state index in [0.29, 0.717) is 12.5 Å². The maximum Gasteiger partial charge on any atom is 0.252 e. The van der Waals surface area contributed by atoms with Crippen molar-refractivity contribution >= 4 is 44.7 Å². The van der Waals surface area contributed by atoms with Gasteiger partial charge in [-0.05, 0) is 49.6 Å². The number of hydrogen-bond donors (Lipinski definition) is 2. The molecule has 4 aliphatic rings. The first-order chi connectivity index (χ1) is 17.5. The number of allylic oxidation sites excluding steroid dienone is 1. The summed E-state index contributed by atoms with van der Waals surface area (Å²) in [6.07, 6.45) is 5.89. The molecule has 1 saturated heterocycles. The first kappa shape index (κ1) is 21.0. The first-order valence-electron chi connectivity index (χ1n) is 13.0. The van der Waals surface area contributed by atoms with Gasteiger partial charge in [-0.25, -0.2) is 0 Å². The monoisotopic (exact) mass is 482 g/mol. The van der Waals surface area contributed by atoms with E-state index in [1.54, 1.807) is 7.11 Å². The number of rotatable bonds is 2. The fraction of sp³-hybridized carbons (Fsp3) is 0.414. The van der Waals surface area contributed by atoms with Crippen molar-refractivity contribution in [2.24, 2.45) is 0 Å². The Labute approximate surface area is 209 Å². The molecule has 0 radical (unpaired) electrons. The smallest absolute Gasteiger partial charge is 0.252 e. The van der Waals surface area contributed by atoms with Crippen LogP contribution in [-0.4, -0.2) is 41.3 Å². The van der Waals surface area contributed by atoms with Crippen LogP contribution in [0.4, 0.5) is 0 Å². The number of hydrogen-bond acceptors (Lipinski definition) is 4. The SMILES string of the molecule is CNC1CC2O[C@](C)(C1OC)n1c3c(c4c5c(c6c7ccccc7n2c6c41)C(=O)NC5)C(C)CC=C3. The van der Waals surface area contributed by atoms with Crippen molar-refractivity contribution in [2.45, 2.75) is 63.3 Å². The fourth-order valence-corrected chi connectivity index (χ4v) is 7.87. The Morgan fingerprint density at radius 3 is 2.86 bits per heavy atom. The van der Waals surface area contributed by atoms with Crippen molar-refractivity contribution < 1.29 is 14.3 Å². The number of methoxy groups -OCH3 is 1. The van der Waals surface area contributed by atoms with E-state index in [4.69, 9.17) is 9.47 Å². The Bertz CT molecular complexity index is 1680. The van der Waals surface area contributed by atoms with Gasteiger partial charge in [-0.2, -0.15) is 0 Å². The average Bonchev–Trinajstić information content (AvgIpc) is 3.51. The lowest BCUT2D eigenvalue weighted by atomic mass is 9.87. The highest BCUT2D eigenvalue weighted by Gasteiger charge is 2.53. The summed E-state index contributed by atoms with van der Waals surface area (Å²) in [7, 11) is 3.80. The lowest BCUT2D eigenvalue weighted by Crippen LogP contribution is -2.60. The van der Waals surface area contributed by atoms with Gasteiger partial charge >= 0.3 is 0 Å². The van der Waals surface area contributed by atoms with Gasteiger partial charge in [-0.15, -0.1) is 0 Å². The molecule has 7 heteroatoms. The number of para-hydroxylation sites is 1. The highest BCUT2D eigenvalue weighted by atomic mass is 16.6. The molecule has 2 N–H and O–H groups in total. The second-order valence-corrected chi connectivity index (χ2v) is 11.0. The fourth-order valence-electron chi connectivity index (χ4n) is 7.87. The maximum atomic E-state index is 13.4. The van der Waals surface area contributed by atoms with Gasteiger partial charge in [0.15, 0.2) is 5.72 Å². The lowest BCUT2D eigenvalue weighted by Gasteiger charge is -2.48. The molecule has 4 aromatic rings. The molecule has 0 spiro atoms. The molecule has 3 aliphatic heterocycles. The van der Waals surface area contributed by atoms with Crippen LogP contribution < -0.4 is 10.6 Å². The normalized spacial score (nSPS) is 30.3. The van der Waals surface area contributed by atoms with Crippen LogP contribution in [0.1, 0.15) is 66.0 Å². The zero-order valence-electron chi connectivity index (χ0n) is 21.0. The van der Waals surface area contributed by atoms with Gasteiger partial charge in [-0.1, -0.05) is 31.2 Å². The average molecular weight is 483 g/mol. The third kappa shape index (κ3) is 2.20. The van der Waals surface area contributed by atoms with E-state index in [1.807, 2.05) is 7.05 Å².